The second-order valence-electron chi connectivity index (χ2n) is 20.9. The first-order chi connectivity index (χ1) is 24.7. The van der Waals surface area contributed by atoms with Crippen LogP contribution in [0.5, 0.6) is 0 Å². The smallest absolute Gasteiger partial charge is 0.344 e. The van der Waals surface area contributed by atoms with Gasteiger partial charge in [-0.15, -0.1) is 0 Å². The van der Waals surface area contributed by atoms with Crippen LogP contribution in [-0.2, 0) is 11.3 Å². The van der Waals surface area contributed by atoms with E-state index in [1.807, 2.05) is 23.9 Å². The first-order valence-corrected chi connectivity index (χ1v) is 22.6. The van der Waals surface area contributed by atoms with Gasteiger partial charge >= 0.3 is 5.97 Å². The van der Waals surface area contributed by atoms with Gasteiger partial charge in [-0.25, -0.2) is 9.36 Å². The molecule has 3 heteroatoms. The van der Waals surface area contributed by atoms with Gasteiger partial charge in [0.05, 0.1) is 0 Å². The first kappa shape index (κ1) is 40.0. The Balaban J connectivity index is 1.06. The Labute approximate surface area is 320 Å². The van der Waals surface area contributed by atoms with Crippen LogP contribution in [0, 0.1) is 56.7 Å². The highest BCUT2D eigenvalue weighted by molar-refractivity contribution is 5.88. The number of carbonyl (C=O) groups excluding carboxylic acids is 1. The molecule has 1 aromatic rings. The van der Waals surface area contributed by atoms with E-state index in [0.717, 1.165) is 30.7 Å². The number of aryl methyl sites for hydroxylation is 1. The Kier molecular flexibility index (Phi) is 12.2. The summed E-state index contributed by atoms with van der Waals surface area (Å²) in [7, 11) is 0. The van der Waals surface area contributed by atoms with Crippen LogP contribution < -0.4 is 4.57 Å². The molecule has 52 heavy (non-hydrogen) atoms. The zero-order valence-electron chi connectivity index (χ0n) is 35.5. The Morgan fingerprint density at radius 2 is 1.46 bits per heavy atom. The fourth-order valence-corrected chi connectivity index (χ4v) is 14.0. The maximum absolute atomic E-state index is 13.8. The van der Waals surface area contributed by atoms with Gasteiger partial charge in [0.25, 0.3) is 0 Å². The van der Waals surface area contributed by atoms with Crippen LogP contribution in [0.25, 0.3) is 0 Å². The molecule has 0 N–H and O–H groups in total. The molecule has 5 aliphatic carbocycles. The molecule has 0 radical (unpaired) electrons. The van der Waals surface area contributed by atoms with E-state index in [-0.39, 0.29) is 22.9 Å². The molecular formula is C49H80NO2+. The summed E-state index contributed by atoms with van der Waals surface area (Å²) in [6.07, 6.45) is 33.3. The lowest BCUT2D eigenvalue weighted by Gasteiger charge is -2.71. The number of nitrogens with zero attached hydrogens (tertiary/aromatic N) is 1. The first-order valence-electron chi connectivity index (χ1n) is 22.6. The van der Waals surface area contributed by atoms with E-state index in [4.69, 9.17) is 4.74 Å². The summed E-state index contributed by atoms with van der Waals surface area (Å²) in [4.78, 5) is 13.8. The number of carbonyl (C=O) groups is 1. The Morgan fingerprint density at radius 3 is 2.15 bits per heavy atom. The zero-order chi connectivity index (χ0) is 37.4. The lowest BCUT2D eigenvalue weighted by molar-refractivity contribution is -0.697. The lowest BCUT2D eigenvalue weighted by atomic mass is 9.33. The van der Waals surface area contributed by atoms with E-state index in [9.17, 15) is 4.79 Å². The molecule has 1 aromatic heterocycles. The number of ether oxygens (including phenoxy) is 1. The average Bonchev–Trinajstić information content (AvgIpc) is 3.11. The van der Waals surface area contributed by atoms with Gasteiger partial charge in [-0.05, 0) is 122 Å². The van der Waals surface area contributed by atoms with E-state index in [1.165, 1.54) is 122 Å². The predicted molar refractivity (Wildman–Crippen MR) is 217 cm³/mol. The molecule has 3 nitrogen and oxygen atoms in total. The zero-order valence-corrected chi connectivity index (χ0v) is 35.5. The van der Waals surface area contributed by atoms with Crippen LogP contribution >= 0.6 is 0 Å². The highest BCUT2D eigenvalue weighted by atomic mass is 16.5. The number of pyridine rings is 1. The normalized spacial score (nSPS) is 39.4. The third-order valence-corrected chi connectivity index (χ3v) is 17.7. The number of rotatable bonds is 14. The average molecular weight is 715 g/mol. The van der Waals surface area contributed by atoms with Crippen molar-refractivity contribution in [2.75, 3.05) is 0 Å². The van der Waals surface area contributed by atoms with Crippen molar-refractivity contribution >= 4 is 5.97 Å². The van der Waals surface area contributed by atoms with Gasteiger partial charge in [-0.1, -0.05) is 132 Å². The van der Waals surface area contributed by atoms with Crippen LogP contribution in [0.15, 0.2) is 36.2 Å². The number of hydrogen-bond donors (Lipinski definition) is 0. The summed E-state index contributed by atoms with van der Waals surface area (Å²) >= 11 is 0. The van der Waals surface area contributed by atoms with Crippen molar-refractivity contribution in [3.05, 3.63) is 41.7 Å². The minimum absolute atomic E-state index is 0.0343. The molecule has 1 heterocycles. The van der Waals surface area contributed by atoms with Crippen LogP contribution in [0.3, 0.4) is 0 Å². The second-order valence-corrected chi connectivity index (χ2v) is 20.9. The number of esters is 1. The third kappa shape index (κ3) is 7.24. The number of hydrogen-bond acceptors (Lipinski definition) is 2. The predicted octanol–water partition coefficient (Wildman–Crippen LogP) is 13.5. The third-order valence-electron chi connectivity index (χ3n) is 17.7. The summed E-state index contributed by atoms with van der Waals surface area (Å²) in [6.45, 7) is 24.0. The molecule has 6 rings (SSSR count). The van der Waals surface area contributed by atoms with E-state index >= 15 is 0 Å². The van der Waals surface area contributed by atoms with Crippen molar-refractivity contribution in [1.29, 1.82) is 0 Å². The lowest BCUT2D eigenvalue weighted by Crippen LogP contribution is -2.65. The van der Waals surface area contributed by atoms with E-state index in [2.05, 4.69) is 79.2 Å². The maximum Gasteiger partial charge on any atom is 0.344 e. The van der Waals surface area contributed by atoms with E-state index in [0.29, 0.717) is 33.6 Å². The van der Waals surface area contributed by atoms with Gasteiger partial charge in [0.15, 0.2) is 12.4 Å². The maximum atomic E-state index is 13.8. The minimum Gasteiger partial charge on any atom is -0.458 e. The van der Waals surface area contributed by atoms with Crippen LogP contribution in [0.2, 0.25) is 0 Å². The SMILES string of the molecule is CCCCCCCCCCCCC[n+]1cccc(C(=O)O[C@H]2CC[C@]3(C)[C@H]4CC=C5[C@@H]6[C@@H](C)[C@H](C)CC[C@]6(C)CC[C@@]5(C)[C@]4(C)CC[C@H]3C2(C)C)c1. The van der Waals surface area contributed by atoms with Crippen molar-refractivity contribution < 1.29 is 14.1 Å². The number of allylic oxidation sites excluding steroid dienone is 2. The molecule has 292 valence electrons. The molecule has 4 saturated carbocycles. The standard InChI is InChI=1S/C49H80NO2/c1-10-11-12-13-14-15-16-17-18-19-20-33-50-34-21-22-38(35-50)44(51)52-42-27-29-47(7)40(45(42,4)5)26-30-49(9)41(47)24-23-39-43-37(3)36(2)25-28-46(43,6)31-32-48(39,49)8/h21-23,34-37,40-43H,10-20,24-33H2,1-9H3/q+1/t36-,37+,40+,41-,42+,43+,46-,47+,48-,49-/m1/s1. The van der Waals surface area contributed by atoms with Gasteiger partial charge in [0.1, 0.15) is 18.2 Å². The van der Waals surface area contributed by atoms with Gasteiger partial charge in [0.2, 0.25) is 0 Å². The van der Waals surface area contributed by atoms with Crippen molar-refractivity contribution in [2.45, 2.75) is 203 Å². The van der Waals surface area contributed by atoms with Crippen LogP contribution in [0.1, 0.15) is 201 Å². The fraction of sp³-hybridized carbons (Fsp3) is 0.837. The highest BCUT2D eigenvalue weighted by Crippen LogP contribution is 2.75. The quantitative estimate of drug-likeness (QED) is 0.0831. The molecule has 0 spiro atoms. The van der Waals surface area contributed by atoms with Gasteiger partial charge in [-0.3, -0.25) is 0 Å². The molecule has 0 unspecified atom stereocenters. The van der Waals surface area contributed by atoms with Crippen molar-refractivity contribution in [3.8, 4) is 0 Å². The fourth-order valence-electron chi connectivity index (χ4n) is 14.0. The van der Waals surface area contributed by atoms with Crippen molar-refractivity contribution in [1.82, 2.24) is 0 Å². The van der Waals surface area contributed by atoms with Gasteiger partial charge in [-0.2, -0.15) is 0 Å². The van der Waals surface area contributed by atoms with Crippen LogP contribution in [0.4, 0.5) is 0 Å². The van der Waals surface area contributed by atoms with Crippen molar-refractivity contribution in [3.63, 3.8) is 0 Å². The highest BCUT2D eigenvalue weighted by Gasteiger charge is 2.68. The molecule has 0 bridgehead atoms. The molecule has 0 aromatic carbocycles. The summed E-state index contributed by atoms with van der Waals surface area (Å²) < 4.78 is 8.76. The number of aromatic nitrogens is 1. The minimum atomic E-state index is -0.130. The Bertz CT molecular complexity index is 1410. The molecule has 5 aliphatic rings. The summed E-state index contributed by atoms with van der Waals surface area (Å²) in [6, 6.07) is 4.00. The summed E-state index contributed by atoms with van der Waals surface area (Å²) in [5, 5.41) is 0. The molecule has 0 aliphatic heterocycles. The molecule has 0 saturated heterocycles. The molecule has 10 atom stereocenters. The molecule has 0 amide bonds. The topological polar surface area (TPSA) is 30.2 Å². The Morgan fingerprint density at radius 1 is 0.788 bits per heavy atom. The number of fused-ring (bicyclic) bond motifs is 7. The summed E-state index contributed by atoms with van der Waals surface area (Å²) in [5.41, 5.74) is 3.90. The van der Waals surface area contributed by atoms with Gasteiger partial charge in [0, 0.05) is 17.9 Å². The summed E-state index contributed by atoms with van der Waals surface area (Å²) in [5.74, 6) is 3.48. The molecule has 4 fully saturated rings. The molecular weight excluding hydrogens is 635 g/mol. The largest absolute Gasteiger partial charge is 0.458 e. The van der Waals surface area contributed by atoms with Crippen molar-refractivity contribution in [2.24, 2.45) is 56.7 Å². The van der Waals surface area contributed by atoms with E-state index < -0.39 is 0 Å². The monoisotopic (exact) mass is 715 g/mol. The van der Waals surface area contributed by atoms with Gasteiger partial charge < -0.3 is 4.74 Å². The Hall–Kier alpha value is -1.64. The van der Waals surface area contributed by atoms with E-state index in [1.54, 1.807) is 0 Å². The van der Waals surface area contributed by atoms with Crippen LogP contribution in [-0.4, -0.2) is 12.1 Å². The second kappa shape index (κ2) is 15.8. The number of unbranched alkanes of at least 4 members (excludes halogenated alkanes) is 10.